The fourth-order valence-corrected chi connectivity index (χ4v) is 3.29. The molecule has 1 aliphatic rings. The molecule has 0 unspecified atom stereocenters. The largest absolute Gasteiger partial charge is 0.324 e. The molecule has 0 bridgehead atoms. The Labute approximate surface area is 144 Å². The first kappa shape index (κ1) is 19.1. The van der Waals surface area contributed by atoms with E-state index >= 15 is 0 Å². The van der Waals surface area contributed by atoms with Gasteiger partial charge in [0.05, 0.1) is 12.9 Å². The van der Waals surface area contributed by atoms with Gasteiger partial charge < -0.3 is 9.42 Å². The standard InChI is InChI=1S/C15H28N4O4S/c1-5-18(10-11-22-24(4,20)21)13-6-8-19(9-7-13)15-16-14(12(2)3)17-23-15/h12-13H,5-11H2,1-4H3. The lowest BCUT2D eigenvalue weighted by atomic mass is 10.0. The van der Waals surface area contributed by atoms with Gasteiger partial charge in [0, 0.05) is 31.6 Å². The van der Waals surface area contributed by atoms with Crippen molar-refractivity contribution in [3.63, 3.8) is 0 Å². The van der Waals surface area contributed by atoms with E-state index in [1.807, 2.05) is 13.8 Å². The second-order valence-electron chi connectivity index (χ2n) is 6.46. The molecule has 2 rings (SSSR count). The van der Waals surface area contributed by atoms with Gasteiger partial charge in [-0.1, -0.05) is 25.9 Å². The molecule has 0 saturated carbocycles. The monoisotopic (exact) mass is 360 g/mol. The van der Waals surface area contributed by atoms with Crippen molar-refractivity contribution in [3.8, 4) is 0 Å². The maximum atomic E-state index is 11.1. The summed E-state index contributed by atoms with van der Waals surface area (Å²) in [5, 5.41) is 4.01. The zero-order valence-corrected chi connectivity index (χ0v) is 15.8. The Morgan fingerprint density at radius 1 is 1.38 bits per heavy atom. The van der Waals surface area contributed by atoms with E-state index in [0.717, 1.165) is 44.6 Å². The minimum Gasteiger partial charge on any atom is -0.324 e. The van der Waals surface area contributed by atoms with Crippen LogP contribution in [-0.4, -0.2) is 68.5 Å². The van der Waals surface area contributed by atoms with Gasteiger partial charge in [0.1, 0.15) is 0 Å². The molecule has 8 nitrogen and oxygen atoms in total. The molecule has 1 aromatic rings. The third-order valence-corrected chi connectivity index (χ3v) is 4.88. The number of hydrogen-bond acceptors (Lipinski definition) is 8. The quantitative estimate of drug-likeness (QED) is 0.644. The van der Waals surface area contributed by atoms with E-state index in [4.69, 9.17) is 8.71 Å². The first-order valence-electron chi connectivity index (χ1n) is 8.47. The molecule has 9 heteroatoms. The summed E-state index contributed by atoms with van der Waals surface area (Å²) in [5.41, 5.74) is 0. The molecule has 0 aliphatic carbocycles. The lowest BCUT2D eigenvalue weighted by molar-refractivity contribution is 0.147. The summed E-state index contributed by atoms with van der Waals surface area (Å²) >= 11 is 0. The molecule has 0 atom stereocenters. The molecule has 0 amide bonds. The number of piperidine rings is 1. The Bertz CT molecular complexity index is 609. The van der Waals surface area contributed by atoms with Crippen LogP contribution in [0.25, 0.3) is 0 Å². The summed E-state index contributed by atoms with van der Waals surface area (Å²) in [7, 11) is -3.37. The third-order valence-electron chi connectivity index (χ3n) is 4.28. The normalized spacial score (nSPS) is 17.2. The van der Waals surface area contributed by atoms with Crippen molar-refractivity contribution < 1.29 is 17.1 Å². The smallest absolute Gasteiger partial charge is 0.324 e. The first-order chi connectivity index (χ1) is 11.3. The molecule has 24 heavy (non-hydrogen) atoms. The second-order valence-corrected chi connectivity index (χ2v) is 8.11. The predicted octanol–water partition coefficient (Wildman–Crippen LogP) is 1.46. The summed E-state index contributed by atoms with van der Waals surface area (Å²) in [4.78, 5) is 8.84. The first-order valence-corrected chi connectivity index (χ1v) is 10.3. The van der Waals surface area contributed by atoms with E-state index in [-0.39, 0.29) is 12.5 Å². The van der Waals surface area contributed by atoms with Crippen LogP contribution in [0.4, 0.5) is 6.01 Å². The van der Waals surface area contributed by atoms with Gasteiger partial charge in [0.15, 0.2) is 5.82 Å². The van der Waals surface area contributed by atoms with Gasteiger partial charge in [-0.2, -0.15) is 13.4 Å². The van der Waals surface area contributed by atoms with Gasteiger partial charge in [-0.25, -0.2) is 0 Å². The van der Waals surface area contributed by atoms with Gasteiger partial charge in [-0.05, 0) is 19.4 Å². The summed E-state index contributed by atoms with van der Waals surface area (Å²) in [5.74, 6) is 0.991. The van der Waals surface area contributed by atoms with Crippen molar-refractivity contribution in [2.24, 2.45) is 0 Å². The minimum absolute atomic E-state index is 0.203. The minimum atomic E-state index is -3.37. The Balaban J connectivity index is 1.83. The van der Waals surface area contributed by atoms with Crippen molar-refractivity contribution >= 4 is 16.1 Å². The third kappa shape index (κ3) is 5.42. The van der Waals surface area contributed by atoms with Gasteiger partial charge in [0.2, 0.25) is 0 Å². The van der Waals surface area contributed by atoms with E-state index in [0.29, 0.717) is 18.6 Å². The number of anilines is 1. The highest BCUT2D eigenvalue weighted by Crippen LogP contribution is 2.22. The van der Waals surface area contributed by atoms with E-state index in [1.54, 1.807) is 0 Å². The highest BCUT2D eigenvalue weighted by molar-refractivity contribution is 7.85. The van der Waals surface area contributed by atoms with E-state index in [1.165, 1.54) is 0 Å². The topological polar surface area (TPSA) is 88.8 Å². The molecule has 1 fully saturated rings. The van der Waals surface area contributed by atoms with Crippen LogP contribution in [0.3, 0.4) is 0 Å². The Hall–Kier alpha value is -1.19. The van der Waals surface area contributed by atoms with Gasteiger partial charge in [-0.15, -0.1) is 0 Å². The molecule has 0 aromatic carbocycles. The van der Waals surface area contributed by atoms with Gasteiger partial charge in [0.25, 0.3) is 10.1 Å². The highest BCUT2D eigenvalue weighted by atomic mass is 32.2. The maximum Gasteiger partial charge on any atom is 0.324 e. The van der Waals surface area contributed by atoms with Crippen molar-refractivity contribution in [2.45, 2.75) is 45.6 Å². The molecule has 138 valence electrons. The molecular formula is C15H28N4O4S. The molecule has 2 heterocycles. The summed E-state index contributed by atoms with van der Waals surface area (Å²) in [6, 6.07) is 1.02. The van der Waals surface area contributed by atoms with Crippen LogP contribution in [0.2, 0.25) is 0 Å². The molecule has 1 aliphatic heterocycles. The molecular weight excluding hydrogens is 332 g/mol. The number of nitrogens with zero attached hydrogens (tertiary/aromatic N) is 4. The predicted molar refractivity (Wildman–Crippen MR) is 91.7 cm³/mol. The van der Waals surface area contributed by atoms with Crippen LogP contribution >= 0.6 is 0 Å². The lowest BCUT2D eigenvalue weighted by Gasteiger charge is -2.37. The van der Waals surface area contributed by atoms with Gasteiger partial charge in [-0.3, -0.25) is 9.08 Å². The SMILES string of the molecule is CCN(CCOS(C)(=O)=O)C1CCN(c2nc(C(C)C)no2)CC1. The van der Waals surface area contributed by atoms with E-state index in [9.17, 15) is 8.42 Å². The summed E-state index contributed by atoms with van der Waals surface area (Å²) in [6.45, 7) is 9.56. The average molecular weight is 360 g/mol. The zero-order valence-electron chi connectivity index (χ0n) is 14.9. The molecule has 1 saturated heterocycles. The molecule has 0 radical (unpaired) electrons. The fourth-order valence-electron chi connectivity index (χ4n) is 2.92. The highest BCUT2D eigenvalue weighted by Gasteiger charge is 2.26. The number of aromatic nitrogens is 2. The van der Waals surface area contributed by atoms with Gasteiger partial charge >= 0.3 is 6.01 Å². The Kier molecular flexibility index (Phi) is 6.59. The van der Waals surface area contributed by atoms with E-state index in [2.05, 4.69) is 26.9 Å². The average Bonchev–Trinajstić information content (AvgIpc) is 3.01. The fraction of sp³-hybridized carbons (Fsp3) is 0.867. The summed E-state index contributed by atoms with van der Waals surface area (Å²) < 4.78 is 32.3. The van der Waals surface area contributed by atoms with Crippen LogP contribution in [0, 0.1) is 0 Å². The Morgan fingerprint density at radius 3 is 2.54 bits per heavy atom. The van der Waals surface area contributed by atoms with Crippen LogP contribution in [-0.2, 0) is 14.3 Å². The number of likely N-dealkylation sites (N-methyl/N-ethyl adjacent to an activating group) is 1. The lowest BCUT2D eigenvalue weighted by Crippen LogP contribution is -2.46. The Morgan fingerprint density at radius 2 is 2.04 bits per heavy atom. The van der Waals surface area contributed by atoms with Crippen molar-refractivity contribution in [1.82, 2.24) is 15.0 Å². The maximum absolute atomic E-state index is 11.1. The van der Waals surface area contributed by atoms with Crippen molar-refractivity contribution in [2.75, 3.05) is 43.9 Å². The molecule has 0 N–H and O–H groups in total. The number of rotatable bonds is 8. The van der Waals surface area contributed by atoms with Crippen molar-refractivity contribution in [3.05, 3.63) is 5.82 Å². The molecule has 1 aromatic heterocycles. The molecule has 0 spiro atoms. The van der Waals surface area contributed by atoms with E-state index < -0.39 is 10.1 Å². The van der Waals surface area contributed by atoms with Crippen LogP contribution in [0.15, 0.2) is 4.52 Å². The van der Waals surface area contributed by atoms with Crippen LogP contribution in [0.5, 0.6) is 0 Å². The summed E-state index contributed by atoms with van der Waals surface area (Å²) in [6.07, 6.45) is 3.04. The second kappa shape index (κ2) is 8.26. The zero-order chi connectivity index (χ0) is 17.7. The number of hydrogen-bond donors (Lipinski definition) is 0. The van der Waals surface area contributed by atoms with Crippen LogP contribution in [0.1, 0.15) is 45.4 Å². The van der Waals surface area contributed by atoms with Crippen LogP contribution < -0.4 is 4.90 Å². The van der Waals surface area contributed by atoms with Crippen molar-refractivity contribution in [1.29, 1.82) is 0 Å².